The van der Waals surface area contributed by atoms with E-state index in [9.17, 15) is 9.59 Å². The van der Waals surface area contributed by atoms with Gasteiger partial charge in [-0.1, -0.05) is 51.1 Å². The van der Waals surface area contributed by atoms with Crippen LogP contribution in [0.4, 0.5) is 11.4 Å². The van der Waals surface area contributed by atoms with Gasteiger partial charge in [0.1, 0.15) is 5.37 Å². The Balaban J connectivity index is 1.86. The number of thioether (sulfide) groups is 1. The third-order valence-electron chi connectivity index (χ3n) is 4.64. The van der Waals surface area contributed by atoms with Gasteiger partial charge in [-0.25, -0.2) is 0 Å². The highest BCUT2D eigenvalue weighted by molar-refractivity contribution is 8.00. The van der Waals surface area contributed by atoms with Gasteiger partial charge in [-0.05, 0) is 41.7 Å². The lowest BCUT2D eigenvalue weighted by atomic mass is 10.00. The number of para-hydroxylation sites is 1. The van der Waals surface area contributed by atoms with Crippen molar-refractivity contribution in [3.05, 3.63) is 59.7 Å². The largest absolute Gasteiger partial charge is 0.326 e. The smallest absolute Gasteiger partial charge is 0.238 e. The zero-order valence-corrected chi connectivity index (χ0v) is 16.9. The standard InChI is InChI=1S/C22H26N2O2S/c1-4-7-20(25)23-17-12-10-16(11-13-17)22-24(21(26)14-27-22)19-9-6-5-8-18(19)15(2)3/h5-6,8-13,15,22H,4,7,14H2,1-3H3,(H,23,25)/t22-/m0/s1. The number of benzene rings is 2. The van der Waals surface area contributed by atoms with Crippen LogP contribution in [0.15, 0.2) is 48.5 Å². The van der Waals surface area contributed by atoms with E-state index in [0.717, 1.165) is 23.4 Å². The highest BCUT2D eigenvalue weighted by Crippen LogP contribution is 2.44. The monoisotopic (exact) mass is 382 g/mol. The van der Waals surface area contributed by atoms with Gasteiger partial charge < -0.3 is 5.32 Å². The summed E-state index contributed by atoms with van der Waals surface area (Å²) in [4.78, 5) is 26.4. The molecule has 0 aromatic heterocycles. The predicted octanol–water partition coefficient (Wildman–Crippen LogP) is 5.33. The summed E-state index contributed by atoms with van der Waals surface area (Å²) in [5, 5.41) is 2.87. The quantitative estimate of drug-likeness (QED) is 0.735. The molecule has 1 aliphatic heterocycles. The van der Waals surface area contributed by atoms with E-state index in [4.69, 9.17) is 0 Å². The SMILES string of the molecule is CCCC(=O)Nc1ccc([C@@H]2SCC(=O)N2c2ccccc2C(C)C)cc1. The van der Waals surface area contributed by atoms with Crippen LogP contribution in [0.3, 0.4) is 0 Å². The number of rotatable bonds is 6. The Hall–Kier alpha value is -2.27. The summed E-state index contributed by atoms with van der Waals surface area (Å²) < 4.78 is 0. The first-order valence-corrected chi connectivity index (χ1v) is 10.5. The number of carbonyl (C=O) groups is 2. The van der Waals surface area contributed by atoms with E-state index < -0.39 is 0 Å². The molecule has 1 heterocycles. The minimum Gasteiger partial charge on any atom is -0.326 e. The van der Waals surface area contributed by atoms with Crippen molar-refractivity contribution in [2.45, 2.75) is 44.9 Å². The molecule has 1 N–H and O–H groups in total. The van der Waals surface area contributed by atoms with Crippen molar-refractivity contribution in [3.8, 4) is 0 Å². The average Bonchev–Trinajstić information content (AvgIpc) is 3.04. The van der Waals surface area contributed by atoms with E-state index in [2.05, 4.69) is 25.2 Å². The van der Waals surface area contributed by atoms with E-state index in [1.165, 1.54) is 5.56 Å². The van der Waals surface area contributed by atoms with Crippen LogP contribution in [-0.4, -0.2) is 17.6 Å². The van der Waals surface area contributed by atoms with Crippen molar-refractivity contribution >= 4 is 35.0 Å². The van der Waals surface area contributed by atoms with Crippen LogP contribution >= 0.6 is 11.8 Å². The van der Waals surface area contributed by atoms with Crippen LogP contribution in [-0.2, 0) is 9.59 Å². The Morgan fingerprint density at radius 2 is 1.89 bits per heavy atom. The van der Waals surface area contributed by atoms with Crippen molar-refractivity contribution in [2.24, 2.45) is 0 Å². The van der Waals surface area contributed by atoms with Crippen molar-refractivity contribution in [1.29, 1.82) is 0 Å². The lowest BCUT2D eigenvalue weighted by Crippen LogP contribution is -2.29. The van der Waals surface area contributed by atoms with Gasteiger partial charge in [0, 0.05) is 17.8 Å². The molecule has 0 spiro atoms. The zero-order chi connectivity index (χ0) is 19.4. The molecule has 0 bridgehead atoms. The number of anilines is 2. The van der Waals surface area contributed by atoms with Crippen molar-refractivity contribution in [2.75, 3.05) is 16.0 Å². The molecule has 142 valence electrons. The first-order chi connectivity index (χ1) is 13.0. The van der Waals surface area contributed by atoms with E-state index in [0.29, 0.717) is 18.1 Å². The van der Waals surface area contributed by atoms with E-state index in [1.807, 2.05) is 54.3 Å². The molecule has 0 saturated carbocycles. The summed E-state index contributed by atoms with van der Waals surface area (Å²) in [6.07, 6.45) is 1.35. The average molecular weight is 383 g/mol. The molecule has 27 heavy (non-hydrogen) atoms. The second kappa shape index (κ2) is 8.61. The first-order valence-electron chi connectivity index (χ1n) is 9.43. The van der Waals surface area contributed by atoms with Crippen LogP contribution in [0.2, 0.25) is 0 Å². The maximum Gasteiger partial charge on any atom is 0.238 e. The molecule has 2 aromatic rings. The Kier molecular flexibility index (Phi) is 6.22. The third kappa shape index (κ3) is 4.35. The highest BCUT2D eigenvalue weighted by Gasteiger charge is 2.35. The maximum atomic E-state index is 12.7. The van der Waals surface area contributed by atoms with Gasteiger partial charge in [0.05, 0.1) is 5.75 Å². The summed E-state index contributed by atoms with van der Waals surface area (Å²) in [7, 11) is 0. The van der Waals surface area contributed by atoms with Gasteiger partial charge in [-0.2, -0.15) is 0 Å². The summed E-state index contributed by atoms with van der Waals surface area (Å²) in [6.45, 7) is 6.28. The molecule has 1 aliphatic rings. The van der Waals surface area contributed by atoms with Gasteiger partial charge in [0.2, 0.25) is 11.8 Å². The molecule has 1 saturated heterocycles. The van der Waals surface area contributed by atoms with Crippen LogP contribution in [0.5, 0.6) is 0 Å². The fraction of sp³-hybridized carbons (Fsp3) is 0.364. The molecular formula is C22H26N2O2S. The Morgan fingerprint density at radius 1 is 1.19 bits per heavy atom. The van der Waals surface area contributed by atoms with Gasteiger partial charge in [0.15, 0.2) is 0 Å². The minimum atomic E-state index is -0.0437. The molecule has 0 unspecified atom stereocenters. The summed E-state index contributed by atoms with van der Waals surface area (Å²) >= 11 is 1.64. The van der Waals surface area contributed by atoms with E-state index >= 15 is 0 Å². The van der Waals surface area contributed by atoms with Gasteiger partial charge in [-0.15, -0.1) is 11.8 Å². The zero-order valence-electron chi connectivity index (χ0n) is 16.1. The maximum absolute atomic E-state index is 12.7. The number of hydrogen-bond acceptors (Lipinski definition) is 3. The minimum absolute atomic E-state index is 0.0307. The van der Waals surface area contributed by atoms with Crippen molar-refractivity contribution in [1.82, 2.24) is 0 Å². The number of hydrogen-bond donors (Lipinski definition) is 1. The Labute approximate surface area is 165 Å². The Bertz CT molecular complexity index is 817. The van der Waals surface area contributed by atoms with E-state index in [1.54, 1.807) is 11.8 Å². The Morgan fingerprint density at radius 3 is 2.56 bits per heavy atom. The fourth-order valence-corrected chi connectivity index (χ4v) is 4.48. The molecule has 1 fully saturated rings. The molecule has 0 radical (unpaired) electrons. The lowest BCUT2D eigenvalue weighted by molar-refractivity contribution is -0.116. The van der Waals surface area contributed by atoms with Crippen molar-refractivity contribution < 1.29 is 9.59 Å². The summed E-state index contributed by atoms with van der Waals surface area (Å²) in [6, 6.07) is 16.0. The van der Waals surface area contributed by atoms with Crippen LogP contribution in [0.1, 0.15) is 56.0 Å². The number of carbonyl (C=O) groups excluding carboxylic acids is 2. The van der Waals surface area contributed by atoms with Crippen molar-refractivity contribution in [3.63, 3.8) is 0 Å². The van der Waals surface area contributed by atoms with Gasteiger partial charge in [-0.3, -0.25) is 14.5 Å². The normalized spacial score (nSPS) is 16.8. The number of nitrogens with one attached hydrogen (secondary N) is 1. The molecular weight excluding hydrogens is 356 g/mol. The lowest BCUT2D eigenvalue weighted by Gasteiger charge is -2.27. The molecule has 0 aliphatic carbocycles. The van der Waals surface area contributed by atoms with E-state index in [-0.39, 0.29) is 17.2 Å². The number of nitrogens with zero attached hydrogens (tertiary/aromatic N) is 1. The topological polar surface area (TPSA) is 49.4 Å². The first kappa shape index (κ1) is 19.5. The second-order valence-electron chi connectivity index (χ2n) is 7.06. The van der Waals surface area contributed by atoms with Crippen LogP contribution in [0, 0.1) is 0 Å². The molecule has 4 nitrogen and oxygen atoms in total. The molecule has 5 heteroatoms. The summed E-state index contributed by atoms with van der Waals surface area (Å²) in [5.74, 6) is 0.990. The molecule has 2 amide bonds. The second-order valence-corrected chi connectivity index (χ2v) is 8.13. The summed E-state index contributed by atoms with van der Waals surface area (Å²) in [5.41, 5.74) is 4.04. The van der Waals surface area contributed by atoms with Crippen LogP contribution in [0.25, 0.3) is 0 Å². The predicted molar refractivity (Wildman–Crippen MR) is 113 cm³/mol. The third-order valence-corrected chi connectivity index (χ3v) is 5.86. The molecule has 1 atom stereocenters. The molecule has 2 aromatic carbocycles. The number of amides is 2. The van der Waals surface area contributed by atoms with Crippen LogP contribution < -0.4 is 10.2 Å². The van der Waals surface area contributed by atoms with Gasteiger partial charge in [0.25, 0.3) is 0 Å². The van der Waals surface area contributed by atoms with Gasteiger partial charge >= 0.3 is 0 Å². The highest BCUT2D eigenvalue weighted by atomic mass is 32.2. The molecule has 3 rings (SSSR count). The fourth-order valence-electron chi connectivity index (χ4n) is 3.31.